The smallest absolute Gasteiger partial charge is 0.270 e. The van der Waals surface area contributed by atoms with E-state index in [1.54, 1.807) is 0 Å². The fourth-order valence-electron chi connectivity index (χ4n) is 3.43. The third-order valence-corrected chi connectivity index (χ3v) is 4.94. The monoisotopic (exact) mass is 392 g/mol. The van der Waals surface area contributed by atoms with E-state index in [-0.39, 0.29) is 11.8 Å². The van der Waals surface area contributed by atoms with Crippen molar-refractivity contribution in [3.63, 3.8) is 0 Å². The molecule has 0 unspecified atom stereocenters. The number of pyridine rings is 1. The minimum atomic E-state index is -0.117. The molecule has 2 aromatic heterocycles. The molecule has 6 heteroatoms. The number of imidazole rings is 1. The van der Waals surface area contributed by atoms with Gasteiger partial charge in [0.05, 0.1) is 5.69 Å². The molecule has 6 nitrogen and oxygen atoms in total. The first-order valence-corrected chi connectivity index (χ1v) is 10.0. The first-order valence-electron chi connectivity index (χ1n) is 10.0. The van der Waals surface area contributed by atoms with E-state index in [4.69, 9.17) is 0 Å². The number of aryl methyl sites for hydroxylation is 3. The highest BCUT2D eigenvalue weighted by Crippen LogP contribution is 2.16. The molecule has 3 aromatic rings. The molecule has 152 valence electrons. The molecule has 0 aliphatic rings. The van der Waals surface area contributed by atoms with Gasteiger partial charge in [0.2, 0.25) is 5.91 Å². The molecule has 0 aliphatic heterocycles. The lowest BCUT2D eigenvalue weighted by Crippen LogP contribution is -2.26. The molecule has 0 spiro atoms. The van der Waals surface area contributed by atoms with Crippen LogP contribution < -0.4 is 10.6 Å². The number of aromatic nitrogens is 2. The fourth-order valence-corrected chi connectivity index (χ4v) is 3.43. The maximum Gasteiger partial charge on any atom is 0.270 e. The Balaban J connectivity index is 1.38. The van der Waals surface area contributed by atoms with Gasteiger partial charge in [0.15, 0.2) is 0 Å². The van der Waals surface area contributed by atoms with Crippen molar-refractivity contribution in [2.24, 2.45) is 0 Å². The Morgan fingerprint density at radius 2 is 1.86 bits per heavy atom. The lowest BCUT2D eigenvalue weighted by atomic mass is 10.1. The number of hydrogen-bond acceptors (Lipinski definition) is 3. The molecule has 0 aliphatic carbocycles. The number of carbonyl (C=O) groups excluding carboxylic acids is 2. The highest BCUT2D eigenvalue weighted by molar-refractivity contribution is 5.94. The van der Waals surface area contributed by atoms with Crippen LogP contribution in [0.3, 0.4) is 0 Å². The molecule has 0 atom stereocenters. The predicted molar refractivity (Wildman–Crippen MR) is 115 cm³/mol. The van der Waals surface area contributed by atoms with Gasteiger partial charge in [-0.2, -0.15) is 0 Å². The van der Waals surface area contributed by atoms with E-state index < -0.39 is 0 Å². The van der Waals surface area contributed by atoms with Gasteiger partial charge in [-0.1, -0.05) is 30.2 Å². The average molecular weight is 393 g/mol. The summed E-state index contributed by atoms with van der Waals surface area (Å²) in [6.07, 6.45) is 4.83. The predicted octanol–water partition coefficient (Wildman–Crippen LogP) is 4.19. The van der Waals surface area contributed by atoms with Crippen molar-refractivity contribution in [1.29, 1.82) is 0 Å². The second kappa shape index (κ2) is 9.37. The Morgan fingerprint density at radius 1 is 1.03 bits per heavy atom. The molecular formula is C23H28N4O2. The van der Waals surface area contributed by atoms with Crippen molar-refractivity contribution >= 4 is 23.1 Å². The quantitative estimate of drug-likeness (QED) is 0.565. The van der Waals surface area contributed by atoms with E-state index in [9.17, 15) is 9.59 Å². The van der Waals surface area contributed by atoms with E-state index in [1.807, 2.05) is 61.7 Å². The zero-order valence-electron chi connectivity index (χ0n) is 17.3. The van der Waals surface area contributed by atoms with Gasteiger partial charge in [-0.05, 0) is 57.4 Å². The number of fused-ring (bicyclic) bond motifs is 1. The molecule has 1 aromatic carbocycles. The molecule has 0 radical (unpaired) electrons. The second-order valence-electron chi connectivity index (χ2n) is 7.41. The number of nitrogens with zero attached hydrogens (tertiary/aromatic N) is 2. The Bertz CT molecular complexity index is 1020. The third-order valence-electron chi connectivity index (χ3n) is 4.94. The van der Waals surface area contributed by atoms with Gasteiger partial charge in [-0.3, -0.25) is 14.0 Å². The summed E-state index contributed by atoms with van der Waals surface area (Å²) in [5.41, 5.74) is 5.19. The molecule has 2 heterocycles. The number of hydrogen-bond donors (Lipinski definition) is 2. The van der Waals surface area contributed by atoms with E-state index in [1.165, 1.54) is 5.56 Å². The largest absolute Gasteiger partial charge is 0.351 e. The zero-order valence-corrected chi connectivity index (χ0v) is 17.3. The molecule has 3 rings (SSSR count). The van der Waals surface area contributed by atoms with Crippen LogP contribution in [0.1, 0.15) is 53.0 Å². The Kier molecular flexibility index (Phi) is 6.65. The van der Waals surface area contributed by atoms with Gasteiger partial charge in [0, 0.05) is 24.8 Å². The third kappa shape index (κ3) is 5.22. The van der Waals surface area contributed by atoms with Gasteiger partial charge >= 0.3 is 0 Å². The van der Waals surface area contributed by atoms with Gasteiger partial charge in [-0.15, -0.1) is 0 Å². The lowest BCUT2D eigenvalue weighted by Gasteiger charge is -2.09. The summed E-state index contributed by atoms with van der Waals surface area (Å²) in [5, 5.41) is 5.93. The van der Waals surface area contributed by atoms with Gasteiger partial charge < -0.3 is 10.6 Å². The van der Waals surface area contributed by atoms with E-state index in [0.29, 0.717) is 18.7 Å². The number of anilines is 1. The van der Waals surface area contributed by atoms with Crippen LogP contribution in [0.4, 0.5) is 5.69 Å². The Morgan fingerprint density at radius 3 is 2.66 bits per heavy atom. The summed E-state index contributed by atoms with van der Waals surface area (Å²) in [6, 6.07) is 11.7. The summed E-state index contributed by atoms with van der Waals surface area (Å²) in [7, 11) is 0. The van der Waals surface area contributed by atoms with Crippen LogP contribution in [0.2, 0.25) is 0 Å². The average Bonchev–Trinajstić information content (AvgIpc) is 3.02. The first kappa shape index (κ1) is 20.6. The van der Waals surface area contributed by atoms with Crippen molar-refractivity contribution in [1.82, 2.24) is 14.7 Å². The van der Waals surface area contributed by atoms with Gasteiger partial charge in [-0.25, -0.2) is 4.98 Å². The van der Waals surface area contributed by atoms with Crippen LogP contribution in [0.5, 0.6) is 0 Å². The highest BCUT2D eigenvalue weighted by Gasteiger charge is 2.15. The molecule has 0 fully saturated rings. The number of nitrogens with one attached hydrogen (secondary N) is 2. The molecule has 2 N–H and O–H groups in total. The number of unbranched alkanes of at least 4 members (excludes halogenated alkanes) is 2. The normalized spacial score (nSPS) is 10.9. The van der Waals surface area contributed by atoms with Crippen LogP contribution in [0.15, 0.2) is 42.6 Å². The van der Waals surface area contributed by atoms with E-state index >= 15 is 0 Å². The van der Waals surface area contributed by atoms with Gasteiger partial charge in [0.25, 0.3) is 5.91 Å². The number of benzene rings is 1. The Hall–Kier alpha value is -3.15. The number of amides is 2. The molecule has 2 amide bonds. The molecule has 0 saturated heterocycles. The highest BCUT2D eigenvalue weighted by atomic mass is 16.2. The van der Waals surface area contributed by atoms with Crippen LogP contribution in [0, 0.1) is 20.8 Å². The maximum absolute atomic E-state index is 12.5. The minimum absolute atomic E-state index is 0.0299. The summed E-state index contributed by atoms with van der Waals surface area (Å²) in [6.45, 7) is 6.46. The van der Waals surface area contributed by atoms with Crippen LogP contribution in [-0.4, -0.2) is 27.7 Å². The zero-order chi connectivity index (χ0) is 20.8. The summed E-state index contributed by atoms with van der Waals surface area (Å²) >= 11 is 0. The Labute approximate surface area is 171 Å². The number of carbonyl (C=O) groups is 2. The van der Waals surface area contributed by atoms with Crippen LogP contribution in [0.25, 0.3) is 5.65 Å². The van der Waals surface area contributed by atoms with E-state index in [0.717, 1.165) is 41.9 Å². The first-order chi connectivity index (χ1) is 14.0. The second-order valence-corrected chi connectivity index (χ2v) is 7.41. The van der Waals surface area contributed by atoms with Crippen LogP contribution in [-0.2, 0) is 4.79 Å². The van der Waals surface area contributed by atoms with Crippen molar-refractivity contribution in [2.45, 2.75) is 46.5 Å². The number of rotatable bonds is 8. The summed E-state index contributed by atoms with van der Waals surface area (Å²) < 4.78 is 1.81. The van der Waals surface area contributed by atoms with Crippen molar-refractivity contribution in [3.8, 4) is 0 Å². The molecule has 29 heavy (non-hydrogen) atoms. The fraction of sp³-hybridized carbons (Fsp3) is 0.348. The summed E-state index contributed by atoms with van der Waals surface area (Å²) in [5.74, 6) is -0.0869. The summed E-state index contributed by atoms with van der Waals surface area (Å²) in [4.78, 5) is 29.0. The standard InChI is InChI=1S/C23H28N4O2/c1-16-11-12-19(17(2)15-16)26-21(28)10-5-4-7-13-24-23(29)22-18(3)25-20-9-6-8-14-27(20)22/h6,8-9,11-12,14-15H,4-5,7,10,13H2,1-3H3,(H,24,29)(H,26,28). The minimum Gasteiger partial charge on any atom is -0.351 e. The van der Waals surface area contributed by atoms with Crippen molar-refractivity contribution < 1.29 is 9.59 Å². The van der Waals surface area contributed by atoms with Crippen molar-refractivity contribution in [3.05, 3.63) is 65.1 Å². The lowest BCUT2D eigenvalue weighted by molar-refractivity contribution is -0.116. The molecule has 0 saturated carbocycles. The maximum atomic E-state index is 12.5. The van der Waals surface area contributed by atoms with Crippen LogP contribution >= 0.6 is 0 Å². The molecule has 0 bridgehead atoms. The molecular weight excluding hydrogens is 364 g/mol. The topological polar surface area (TPSA) is 75.5 Å². The van der Waals surface area contributed by atoms with Crippen molar-refractivity contribution in [2.75, 3.05) is 11.9 Å². The SMILES string of the molecule is Cc1ccc(NC(=O)CCCCCNC(=O)c2c(C)nc3ccccn23)c(C)c1. The van der Waals surface area contributed by atoms with E-state index in [2.05, 4.69) is 21.7 Å². The van der Waals surface area contributed by atoms with Gasteiger partial charge in [0.1, 0.15) is 11.3 Å².